The predicted octanol–water partition coefficient (Wildman–Crippen LogP) is 0.189. The van der Waals surface area contributed by atoms with E-state index in [0.29, 0.717) is 6.54 Å². The molecule has 2 aromatic heterocycles. The quantitative estimate of drug-likeness (QED) is 0.834. The first-order chi connectivity index (χ1) is 8.88. The minimum atomic E-state index is 0.221. The van der Waals surface area contributed by atoms with E-state index in [9.17, 15) is 0 Å². The number of fused-ring (bicyclic) bond motifs is 1. The first-order valence-corrected chi connectivity index (χ1v) is 6.09. The van der Waals surface area contributed by atoms with Gasteiger partial charge in [0.25, 0.3) is 0 Å². The molecule has 3 rings (SSSR count). The molecule has 6 heteroatoms. The van der Waals surface area contributed by atoms with Crippen LogP contribution in [-0.4, -0.2) is 37.7 Å². The number of rotatable bonds is 3. The largest absolute Gasteiger partial charge is 0.329 e. The van der Waals surface area contributed by atoms with Crippen LogP contribution in [0.5, 0.6) is 0 Å². The molecule has 0 aromatic carbocycles. The molecule has 0 saturated heterocycles. The highest BCUT2D eigenvalue weighted by Crippen LogP contribution is 2.23. The lowest BCUT2D eigenvalue weighted by Gasteiger charge is -2.33. The molecular formula is C12H16N6. The number of hydrogen-bond donors (Lipinski definition) is 1. The molecule has 1 unspecified atom stereocenters. The van der Waals surface area contributed by atoms with Crippen LogP contribution in [0, 0.1) is 0 Å². The predicted molar refractivity (Wildman–Crippen MR) is 66.5 cm³/mol. The molecular weight excluding hydrogens is 228 g/mol. The van der Waals surface area contributed by atoms with Gasteiger partial charge in [-0.25, -0.2) is 0 Å². The number of aromatic nitrogens is 4. The van der Waals surface area contributed by atoms with Crippen LogP contribution in [0.25, 0.3) is 0 Å². The zero-order valence-corrected chi connectivity index (χ0v) is 10.1. The fourth-order valence-electron chi connectivity index (χ4n) is 2.43. The molecule has 0 amide bonds. The molecule has 0 spiro atoms. The lowest BCUT2D eigenvalue weighted by atomic mass is 10.1. The second-order valence-corrected chi connectivity index (χ2v) is 4.44. The number of nitrogens with two attached hydrogens (primary N) is 1. The van der Waals surface area contributed by atoms with Gasteiger partial charge in [0.2, 0.25) is 0 Å². The average Bonchev–Trinajstić information content (AvgIpc) is 2.88. The first kappa shape index (κ1) is 11.3. The maximum Gasteiger partial charge on any atom is 0.147 e. The second kappa shape index (κ2) is 4.83. The molecule has 6 nitrogen and oxygen atoms in total. The SMILES string of the molecule is NCC(c1ccncc1)N1CCn2cnnc2C1. The Morgan fingerprint density at radius 3 is 2.89 bits per heavy atom. The van der Waals surface area contributed by atoms with Crippen molar-refractivity contribution in [3.05, 3.63) is 42.2 Å². The van der Waals surface area contributed by atoms with Crippen molar-refractivity contribution in [1.82, 2.24) is 24.6 Å². The van der Waals surface area contributed by atoms with E-state index in [1.54, 1.807) is 6.33 Å². The number of hydrogen-bond acceptors (Lipinski definition) is 5. The Kier molecular flexibility index (Phi) is 3.04. The lowest BCUT2D eigenvalue weighted by Crippen LogP contribution is -2.39. The summed E-state index contributed by atoms with van der Waals surface area (Å²) in [6.45, 7) is 3.28. The average molecular weight is 244 g/mol. The van der Waals surface area contributed by atoms with Gasteiger partial charge in [0.1, 0.15) is 12.2 Å². The highest BCUT2D eigenvalue weighted by atomic mass is 15.3. The molecule has 0 bridgehead atoms. The fraction of sp³-hybridized carbons (Fsp3) is 0.417. The Balaban J connectivity index is 1.82. The van der Waals surface area contributed by atoms with Crippen molar-refractivity contribution < 1.29 is 0 Å². The summed E-state index contributed by atoms with van der Waals surface area (Å²) < 4.78 is 2.09. The van der Waals surface area contributed by atoms with E-state index >= 15 is 0 Å². The van der Waals surface area contributed by atoms with Crippen LogP contribution in [0.2, 0.25) is 0 Å². The molecule has 1 aliphatic heterocycles. The first-order valence-electron chi connectivity index (χ1n) is 6.09. The highest BCUT2D eigenvalue weighted by molar-refractivity contribution is 5.16. The Morgan fingerprint density at radius 2 is 2.11 bits per heavy atom. The monoisotopic (exact) mass is 244 g/mol. The van der Waals surface area contributed by atoms with E-state index in [1.165, 1.54) is 5.56 Å². The van der Waals surface area contributed by atoms with Gasteiger partial charge >= 0.3 is 0 Å². The van der Waals surface area contributed by atoms with Gasteiger partial charge in [-0.15, -0.1) is 10.2 Å². The molecule has 18 heavy (non-hydrogen) atoms. The van der Waals surface area contributed by atoms with E-state index in [2.05, 4.69) is 24.6 Å². The third-order valence-corrected chi connectivity index (χ3v) is 3.42. The van der Waals surface area contributed by atoms with Crippen LogP contribution < -0.4 is 5.73 Å². The summed E-state index contributed by atoms with van der Waals surface area (Å²) in [5.74, 6) is 1.01. The van der Waals surface area contributed by atoms with Gasteiger partial charge in [-0.05, 0) is 17.7 Å². The van der Waals surface area contributed by atoms with Crippen molar-refractivity contribution in [3.63, 3.8) is 0 Å². The van der Waals surface area contributed by atoms with Crippen LogP contribution in [0.3, 0.4) is 0 Å². The molecule has 3 heterocycles. The van der Waals surface area contributed by atoms with E-state index in [-0.39, 0.29) is 6.04 Å². The second-order valence-electron chi connectivity index (χ2n) is 4.44. The molecule has 2 N–H and O–H groups in total. The molecule has 2 aromatic rings. The van der Waals surface area contributed by atoms with E-state index < -0.39 is 0 Å². The molecule has 94 valence electrons. The molecule has 0 aliphatic carbocycles. The molecule has 1 atom stereocenters. The smallest absolute Gasteiger partial charge is 0.147 e. The van der Waals surface area contributed by atoms with Crippen molar-refractivity contribution in [2.24, 2.45) is 5.73 Å². The van der Waals surface area contributed by atoms with Crippen LogP contribution in [0.1, 0.15) is 17.4 Å². The Hall–Kier alpha value is -1.79. The molecule has 0 saturated carbocycles. The van der Waals surface area contributed by atoms with Crippen molar-refractivity contribution in [2.75, 3.05) is 13.1 Å². The summed E-state index contributed by atoms with van der Waals surface area (Å²) in [6.07, 6.45) is 5.41. The van der Waals surface area contributed by atoms with Gasteiger partial charge in [0.15, 0.2) is 0 Å². The van der Waals surface area contributed by atoms with Gasteiger partial charge in [-0.1, -0.05) is 0 Å². The number of nitrogens with zero attached hydrogens (tertiary/aromatic N) is 5. The Labute approximate surface area is 105 Å². The zero-order valence-electron chi connectivity index (χ0n) is 10.1. The Bertz CT molecular complexity index is 508. The van der Waals surface area contributed by atoms with Crippen molar-refractivity contribution >= 4 is 0 Å². The van der Waals surface area contributed by atoms with Crippen molar-refractivity contribution in [3.8, 4) is 0 Å². The van der Waals surface area contributed by atoms with Crippen LogP contribution in [0.15, 0.2) is 30.9 Å². The van der Waals surface area contributed by atoms with E-state index in [1.807, 2.05) is 24.5 Å². The van der Waals surface area contributed by atoms with E-state index in [0.717, 1.165) is 25.5 Å². The van der Waals surface area contributed by atoms with Gasteiger partial charge in [0, 0.05) is 38.1 Å². The lowest BCUT2D eigenvalue weighted by molar-refractivity contribution is 0.156. The maximum atomic E-state index is 5.93. The van der Waals surface area contributed by atoms with Gasteiger partial charge in [-0.2, -0.15) is 0 Å². The summed E-state index contributed by atoms with van der Waals surface area (Å²) >= 11 is 0. The van der Waals surface area contributed by atoms with Crippen LogP contribution in [0.4, 0.5) is 0 Å². The minimum absolute atomic E-state index is 0.221. The third kappa shape index (κ3) is 2.00. The summed E-state index contributed by atoms with van der Waals surface area (Å²) in [5.41, 5.74) is 7.13. The highest BCUT2D eigenvalue weighted by Gasteiger charge is 2.24. The fourth-order valence-corrected chi connectivity index (χ4v) is 2.43. The maximum absolute atomic E-state index is 5.93. The molecule has 0 radical (unpaired) electrons. The molecule has 1 aliphatic rings. The zero-order chi connectivity index (χ0) is 12.4. The van der Waals surface area contributed by atoms with Crippen LogP contribution >= 0.6 is 0 Å². The summed E-state index contributed by atoms with van der Waals surface area (Å²) in [5, 5.41) is 8.08. The standard InChI is InChI=1S/C12H16N6/c13-7-11(10-1-3-14-4-2-10)17-5-6-18-9-15-16-12(18)8-17/h1-4,9,11H,5-8,13H2. The van der Waals surface area contributed by atoms with Crippen molar-refractivity contribution in [2.45, 2.75) is 19.1 Å². The normalized spacial score (nSPS) is 17.4. The third-order valence-electron chi connectivity index (χ3n) is 3.42. The number of pyridine rings is 1. The summed E-state index contributed by atoms with van der Waals surface area (Å²) in [7, 11) is 0. The van der Waals surface area contributed by atoms with E-state index in [4.69, 9.17) is 5.73 Å². The Morgan fingerprint density at radius 1 is 1.28 bits per heavy atom. The summed E-state index contributed by atoms with van der Waals surface area (Å²) in [4.78, 5) is 6.40. The minimum Gasteiger partial charge on any atom is -0.329 e. The topological polar surface area (TPSA) is 72.9 Å². The van der Waals surface area contributed by atoms with Gasteiger partial charge < -0.3 is 10.3 Å². The molecule has 0 fully saturated rings. The van der Waals surface area contributed by atoms with Crippen LogP contribution in [-0.2, 0) is 13.1 Å². The summed E-state index contributed by atoms with van der Waals surface area (Å²) in [6, 6.07) is 4.27. The van der Waals surface area contributed by atoms with Crippen molar-refractivity contribution in [1.29, 1.82) is 0 Å². The van der Waals surface area contributed by atoms with Gasteiger partial charge in [0.05, 0.1) is 6.54 Å². The van der Waals surface area contributed by atoms with Gasteiger partial charge in [-0.3, -0.25) is 9.88 Å².